The first kappa shape index (κ1) is 13.8. The number of hydrogen-bond acceptors (Lipinski definition) is 3. The van der Waals surface area contributed by atoms with Gasteiger partial charge in [-0.15, -0.1) is 0 Å². The van der Waals surface area contributed by atoms with Crippen LogP contribution in [0.25, 0.3) is 5.65 Å². The molecule has 0 fully saturated rings. The summed E-state index contributed by atoms with van der Waals surface area (Å²) >= 11 is 0. The van der Waals surface area contributed by atoms with Crippen LogP contribution in [0.5, 0.6) is 0 Å². The summed E-state index contributed by atoms with van der Waals surface area (Å²) < 4.78 is 2.12. The van der Waals surface area contributed by atoms with Crippen LogP contribution in [0.1, 0.15) is 22.5 Å². The minimum absolute atomic E-state index is 0.0920. The normalized spacial score (nSPS) is 11.1. The average molecular weight is 281 g/mol. The summed E-state index contributed by atoms with van der Waals surface area (Å²) in [6.45, 7) is 3.71. The molecule has 0 aliphatic heterocycles. The smallest absolute Gasteiger partial charge is 0.137 e. The number of nitrogens with zero attached hydrogens (tertiary/aromatic N) is 2. The van der Waals surface area contributed by atoms with Gasteiger partial charge >= 0.3 is 0 Å². The number of hydrogen-bond donors (Lipinski definition) is 2. The van der Waals surface area contributed by atoms with Crippen LogP contribution in [0, 0.1) is 6.92 Å². The van der Waals surface area contributed by atoms with Crippen molar-refractivity contribution in [1.82, 2.24) is 14.7 Å². The maximum Gasteiger partial charge on any atom is 0.137 e. The fraction of sp³-hybridized carbons (Fsp3) is 0.235. The van der Waals surface area contributed by atoms with Crippen LogP contribution in [0.15, 0.2) is 48.7 Å². The average Bonchev–Trinajstić information content (AvgIpc) is 2.84. The van der Waals surface area contributed by atoms with E-state index in [1.807, 2.05) is 55.6 Å². The van der Waals surface area contributed by atoms with Crippen LogP contribution in [0.4, 0.5) is 0 Å². The van der Waals surface area contributed by atoms with Gasteiger partial charge in [-0.3, -0.25) is 0 Å². The van der Waals surface area contributed by atoms with Crippen molar-refractivity contribution >= 4 is 5.65 Å². The molecule has 0 bridgehead atoms. The number of rotatable bonds is 5. The molecule has 108 valence electrons. The van der Waals surface area contributed by atoms with Crippen molar-refractivity contribution in [3.8, 4) is 0 Å². The van der Waals surface area contributed by atoms with E-state index in [4.69, 9.17) is 5.11 Å². The van der Waals surface area contributed by atoms with E-state index in [0.717, 1.165) is 30.0 Å². The van der Waals surface area contributed by atoms with Gasteiger partial charge < -0.3 is 14.8 Å². The lowest BCUT2D eigenvalue weighted by Crippen LogP contribution is -2.14. The lowest BCUT2D eigenvalue weighted by molar-refractivity contribution is 0.282. The van der Waals surface area contributed by atoms with Gasteiger partial charge in [-0.25, -0.2) is 4.98 Å². The van der Waals surface area contributed by atoms with Crippen LogP contribution in [-0.2, 0) is 19.7 Å². The van der Waals surface area contributed by atoms with Gasteiger partial charge in [-0.1, -0.05) is 30.3 Å². The maximum absolute atomic E-state index is 9.04. The van der Waals surface area contributed by atoms with Gasteiger partial charge in [0.05, 0.1) is 18.0 Å². The first-order chi connectivity index (χ1) is 10.3. The SMILES string of the molecule is Cc1nc2ccccn2c1CNCc1ccc(CO)cc1. The summed E-state index contributed by atoms with van der Waals surface area (Å²) in [4.78, 5) is 4.56. The lowest BCUT2D eigenvalue weighted by Gasteiger charge is -2.07. The third-order valence-corrected chi connectivity index (χ3v) is 3.66. The third kappa shape index (κ3) is 2.96. The Kier molecular flexibility index (Phi) is 3.99. The molecule has 0 aliphatic carbocycles. The van der Waals surface area contributed by atoms with Gasteiger partial charge in [0.2, 0.25) is 0 Å². The zero-order valence-corrected chi connectivity index (χ0v) is 12.1. The van der Waals surface area contributed by atoms with Crippen molar-refractivity contribution in [3.63, 3.8) is 0 Å². The summed E-state index contributed by atoms with van der Waals surface area (Å²) in [6.07, 6.45) is 2.04. The van der Waals surface area contributed by atoms with Crippen molar-refractivity contribution < 1.29 is 5.11 Å². The highest BCUT2D eigenvalue weighted by molar-refractivity contribution is 5.42. The predicted octanol–water partition coefficient (Wildman–Crippen LogP) is 2.42. The molecule has 0 saturated heterocycles. The number of fused-ring (bicyclic) bond motifs is 1. The monoisotopic (exact) mass is 281 g/mol. The van der Waals surface area contributed by atoms with Gasteiger partial charge in [0, 0.05) is 19.3 Å². The molecule has 21 heavy (non-hydrogen) atoms. The van der Waals surface area contributed by atoms with E-state index in [9.17, 15) is 0 Å². The van der Waals surface area contributed by atoms with Crippen LogP contribution in [0.3, 0.4) is 0 Å². The second-order valence-electron chi connectivity index (χ2n) is 5.15. The number of aliphatic hydroxyl groups excluding tert-OH is 1. The van der Waals surface area contributed by atoms with Gasteiger partial charge in [0.1, 0.15) is 5.65 Å². The highest BCUT2D eigenvalue weighted by atomic mass is 16.3. The molecule has 0 amide bonds. The fourth-order valence-electron chi connectivity index (χ4n) is 2.46. The Balaban J connectivity index is 1.67. The van der Waals surface area contributed by atoms with Gasteiger partial charge in [0.15, 0.2) is 0 Å². The molecular formula is C17H19N3O. The molecule has 0 spiro atoms. The Morgan fingerprint density at radius 1 is 1.05 bits per heavy atom. The molecule has 3 aromatic rings. The molecule has 0 atom stereocenters. The summed E-state index contributed by atoms with van der Waals surface area (Å²) in [5, 5.41) is 12.5. The van der Waals surface area contributed by atoms with Gasteiger partial charge in [-0.2, -0.15) is 0 Å². The quantitative estimate of drug-likeness (QED) is 0.755. The van der Waals surface area contributed by atoms with Crippen LogP contribution < -0.4 is 5.32 Å². The second kappa shape index (κ2) is 6.08. The Labute approximate surface area is 124 Å². The molecule has 0 radical (unpaired) electrons. The number of aryl methyl sites for hydroxylation is 1. The van der Waals surface area contributed by atoms with Gasteiger partial charge in [0.25, 0.3) is 0 Å². The zero-order chi connectivity index (χ0) is 14.7. The fourth-order valence-corrected chi connectivity index (χ4v) is 2.46. The minimum Gasteiger partial charge on any atom is -0.392 e. The van der Waals surface area contributed by atoms with E-state index in [-0.39, 0.29) is 6.61 Å². The first-order valence-corrected chi connectivity index (χ1v) is 7.10. The molecular weight excluding hydrogens is 262 g/mol. The Morgan fingerprint density at radius 2 is 1.81 bits per heavy atom. The highest BCUT2D eigenvalue weighted by Gasteiger charge is 2.07. The summed E-state index contributed by atoms with van der Waals surface area (Å²) in [5.41, 5.74) is 5.39. The van der Waals surface area contributed by atoms with Crippen molar-refractivity contribution in [1.29, 1.82) is 0 Å². The van der Waals surface area contributed by atoms with Crippen LogP contribution >= 0.6 is 0 Å². The Hall–Kier alpha value is -2.17. The van der Waals surface area contributed by atoms with E-state index < -0.39 is 0 Å². The minimum atomic E-state index is 0.0920. The van der Waals surface area contributed by atoms with Crippen LogP contribution in [0.2, 0.25) is 0 Å². The standard InChI is InChI=1S/C17H19N3O/c1-13-16(20-9-3-2-4-17(20)19-13)11-18-10-14-5-7-15(12-21)8-6-14/h2-9,18,21H,10-12H2,1H3. The summed E-state index contributed by atoms with van der Waals surface area (Å²) in [5.74, 6) is 0. The number of imidazole rings is 1. The molecule has 0 aliphatic rings. The lowest BCUT2D eigenvalue weighted by atomic mass is 10.1. The Morgan fingerprint density at radius 3 is 2.57 bits per heavy atom. The first-order valence-electron chi connectivity index (χ1n) is 7.10. The van der Waals surface area contributed by atoms with Crippen molar-refractivity contribution in [3.05, 3.63) is 71.2 Å². The molecule has 3 rings (SSSR count). The zero-order valence-electron chi connectivity index (χ0n) is 12.1. The number of aliphatic hydroxyl groups is 1. The third-order valence-electron chi connectivity index (χ3n) is 3.66. The molecule has 4 heteroatoms. The van der Waals surface area contributed by atoms with Gasteiger partial charge in [-0.05, 0) is 30.2 Å². The van der Waals surface area contributed by atoms with E-state index in [1.165, 1.54) is 11.3 Å². The van der Waals surface area contributed by atoms with E-state index in [0.29, 0.717) is 0 Å². The molecule has 1 aromatic carbocycles. The number of benzene rings is 1. The summed E-state index contributed by atoms with van der Waals surface area (Å²) in [7, 11) is 0. The molecule has 2 heterocycles. The number of nitrogens with one attached hydrogen (secondary N) is 1. The molecule has 2 aromatic heterocycles. The Bertz CT molecular complexity index is 731. The number of aromatic nitrogens is 2. The van der Waals surface area contributed by atoms with E-state index in [2.05, 4.69) is 14.7 Å². The molecule has 4 nitrogen and oxygen atoms in total. The predicted molar refractivity (Wildman–Crippen MR) is 82.8 cm³/mol. The largest absolute Gasteiger partial charge is 0.392 e. The van der Waals surface area contributed by atoms with Crippen LogP contribution in [-0.4, -0.2) is 14.5 Å². The van der Waals surface area contributed by atoms with E-state index >= 15 is 0 Å². The highest BCUT2D eigenvalue weighted by Crippen LogP contribution is 2.12. The van der Waals surface area contributed by atoms with Crippen molar-refractivity contribution in [2.24, 2.45) is 0 Å². The maximum atomic E-state index is 9.04. The topological polar surface area (TPSA) is 49.6 Å². The second-order valence-corrected chi connectivity index (χ2v) is 5.15. The summed E-state index contributed by atoms with van der Waals surface area (Å²) in [6, 6.07) is 14.0. The van der Waals surface area contributed by atoms with Crippen molar-refractivity contribution in [2.75, 3.05) is 0 Å². The molecule has 0 unspecified atom stereocenters. The van der Waals surface area contributed by atoms with E-state index in [1.54, 1.807) is 0 Å². The molecule has 0 saturated carbocycles. The molecule has 2 N–H and O–H groups in total. The number of pyridine rings is 1. The van der Waals surface area contributed by atoms with Crippen molar-refractivity contribution in [2.45, 2.75) is 26.6 Å².